The molecule has 0 radical (unpaired) electrons. The Morgan fingerprint density at radius 1 is 1.05 bits per heavy atom. The van der Waals surface area contributed by atoms with E-state index in [-0.39, 0.29) is 6.10 Å². The van der Waals surface area contributed by atoms with Crippen LogP contribution in [0.15, 0.2) is 0 Å². The first-order valence-electron chi connectivity index (χ1n) is 9.70. The number of aliphatic hydroxyl groups is 1. The van der Waals surface area contributed by atoms with E-state index in [4.69, 9.17) is 0 Å². The lowest BCUT2D eigenvalue weighted by atomic mass is 9.49. The summed E-state index contributed by atoms with van der Waals surface area (Å²) in [5.74, 6) is 5.20. The fourth-order valence-corrected chi connectivity index (χ4v) is 7.49. The minimum absolute atomic E-state index is 0.143. The summed E-state index contributed by atoms with van der Waals surface area (Å²) in [7, 11) is 0. The highest BCUT2D eigenvalue weighted by molar-refractivity contribution is 5.79. The Morgan fingerprint density at radius 3 is 2.64 bits per heavy atom. The topological polar surface area (TPSA) is 37.3 Å². The molecule has 0 spiro atoms. The van der Waals surface area contributed by atoms with Gasteiger partial charge in [-0.1, -0.05) is 6.92 Å². The van der Waals surface area contributed by atoms with Gasteiger partial charge < -0.3 is 5.11 Å². The van der Waals surface area contributed by atoms with Crippen LogP contribution in [0.25, 0.3) is 0 Å². The van der Waals surface area contributed by atoms with Gasteiger partial charge in [0.05, 0.1) is 6.10 Å². The number of fused-ring (bicyclic) bond motifs is 5. The van der Waals surface area contributed by atoms with Gasteiger partial charge in [-0.2, -0.15) is 0 Å². The SMILES string of the molecule is CC(O)C1CCC2C3CCC4CC(=O)CCC4C3CCC12C. The molecule has 1 N–H and O–H groups in total. The molecule has 0 amide bonds. The zero-order chi connectivity index (χ0) is 15.5. The van der Waals surface area contributed by atoms with Crippen LogP contribution in [0.5, 0.6) is 0 Å². The van der Waals surface area contributed by atoms with E-state index in [1.54, 1.807) is 0 Å². The highest BCUT2D eigenvalue weighted by Crippen LogP contribution is 2.64. The average Bonchev–Trinajstić information content (AvgIpc) is 2.84. The molecule has 4 aliphatic rings. The maximum absolute atomic E-state index is 11.8. The standard InChI is InChI=1S/C20H32O2/c1-12(21)18-7-8-19-17-5-3-13-11-14(22)4-6-15(13)16(17)9-10-20(18,19)2/h12-13,15-19,21H,3-11H2,1-2H3. The van der Waals surface area contributed by atoms with E-state index in [0.717, 1.165) is 36.5 Å². The summed E-state index contributed by atoms with van der Waals surface area (Å²) in [5.41, 5.74) is 0.382. The van der Waals surface area contributed by atoms with Crippen LogP contribution >= 0.6 is 0 Å². The van der Waals surface area contributed by atoms with Crippen LogP contribution in [0.3, 0.4) is 0 Å². The summed E-state index contributed by atoms with van der Waals surface area (Å²) < 4.78 is 0. The second-order valence-corrected chi connectivity index (χ2v) is 9.19. The van der Waals surface area contributed by atoms with Gasteiger partial charge in [0, 0.05) is 12.8 Å². The second kappa shape index (κ2) is 5.33. The van der Waals surface area contributed by atoms with E-state index in [1.807, 2.05) is 6.92 Å². The third-order valence-corrected chi connectivity index (χ3v) is 8.42. The molecule has 4 rings (SSSR count). The van der Waals surface area contributed by atoms with Crippen molar-refractivity contribution in [1.82, 2.24) is 0 Å². The summed E-state index contributed by atoms with van der Waals surface area (Å²) in [6, 6.07) is 0. The van der Waals surface area contributed by atoms with Gasteiger partial charge in [0.2, 0.25) is 0 Å². The molecular formula is C20H32O2. The molecule has 22 heavy (non-hydrogen) atoms. The van der Waals surface area contributed by atoms with Crippen molar-refractivity contribution < 1.29 is 9.90 Å². The summed E-state index contributed by atoms with van der Waals surface area (Å²) in [6.45, 7) is 4.49. The molecule has 0 aliphatic heterocycles. The zero-order valence-electron chi connectivity index (χ0n) is 14.3. The van der Waals surface area contributed by atoms with E-state index >= 15 is 0 Å². The van der Waals surface area contributed by atoms with Gasteiger partial charge in [-0.05, 0) is 92.8 Å². The van der Waals surface area contributed by atoms with E-state index in [1.165, 1.54) is 44.9 Å². The first-order chi connectivity index (χ1) is 10.5. The van der Waals surface area contributed by atoms with Crippen molar-refractivity contribution >= 4 is 5.78 Å². The first-order valence-corrected chi connectivity index (χ1v) is 9.70. The van der Waals surface area contributed by atoms with Crippen LogP contribution in [0.1, 0.15) is 71.6 Å². The van der Waals surface area contributed by atoms with Crippen molar-refractivity contribution in [3.8, 4) is 0 Å². The van der Waals surface area contributed by atoms with E-state index in [9.17, 15) is 9.90 Å². The van der Waals surface area contributed by atoms with Gasteiger partial charge in [0.15, 0.2) is 0 Å². The molecule has 4 saturated carbocycles. The molecule has 0 aromatic heterocycles. The van der Waals surface area contributed by atoms with Crippen molar-refractivity contribution in [3.05, 3.63) is 0 Å². The minimum Gasteiger partial charge on any atom is -0.393 e. The van der Waals surface area contributed by atoms with Crippen LogP contribution in [0.2, 0.25) is 0 Å². The van der Waals surface area contributed by atoms with Crippen LogP contribution in [-0.4, -0.2) is 17.0 Å². The first kappa shape index (κ1) is 15.2. The second-order valence-electron chi connectivity index (χ2n) is 9.19. The maximum atomic E-state index is 11.8. The number of rotatable bonds is 1. The Hall–Kier alpha value is -0.370. The van der Waals surface area contributed by atoms with Gasteiger partial charge in [0.1, 0.15) is 5.78 Å². The van der Waals surface area contributed by atoms with Crippen LogP contribution in [-0.2, 0) is 4.79 Å². The Balaban J connectivity index is 1.56. The third-order valence-electron chi connectivity index (χ3n) is 8.42. The van der Waals surface area contributed by atoms with E-state index in [0.29, 0.717) is 23.0 Å². The van der Waals surface area contributed by atoms with Crippen molar-refractivity contribution in [1.29, 1.82) is 0 Å². The summed E-state index contributed by atoms with van der Waals surface area (Å²) in [4.78, 5) is 11.8. The summed E-state index contributed by atoms with van der Waals surface area (Å²) in [6.07, 6.45) is 10.6. The molecule has 2 heteroatoms. The number of Topliss-reactive ketones (excluding diaryl/α,β-unsaturated/α-hetero) is 1. The molecule has 4 fully saturated rings. The lowest BCUT2D eigenvalue weighted by Gasteiger charge is -2.55. The number of aliphatic hydroxyl groups excluding tert-OH is 1. The molecule has 2 nitrogen and oxygen atoms in total. The molecule has 8 unspecified atom stereocenters. The Bertz CT molecular complexity index is 457. The van der Waals surface area contributed by atoms with Crippen LogP contribution < -0.4 is 0 Å². The average molecular weight is 304 g/mol. The lowest BCUT2D eigenvalue weighted by molar-refractivity contribution is -0.128. The Kier molecular flexibility index (Phi) is 3.67. The summed E-state index contributed by atoms with van der Waals surface area (Å²) in [5, 5.41) is 10.2. The molecule has 0 bridgehead atoms. The Labute approximate surface area is 135 Å². The molecule has 4 aliphatic carbocycles. The fraction of sp³-hybridized carbons (Fsp3) is 0.950. The number of hydrogen-bond acceptors (Lipinski definition) is 2. The van der Waals surface area contributed by atoms with Gasteiger partial charge in [-0.15, -0.1) is 0 Å². The molecule has 0 saturated heterocycles. The smallest absolute Gasteiger partial charge is 0.133 e. The minimum atomic E-state index is -0.143. The maximum Gasteiger partial charge on any atom is 0.133 e. The van der Waals surface area contributed by atoms with Gasteiger partial charge in [0.25, 0.3) is 0 Å². The predicted molar refractivity (Wildman–Crippen MR) is 87.3 cm³/mol. The largest absolute Gasteiger partial charge is 0.393 e. The van der Waals surface area contributed by atoms with Crippen molar-refractivity contribution in [2.24, 2.45) is 40.9 Å². The predicted octanol–water partition coefficient (Wildman–Crippen LogP) is 4.21. The van der Waals surface area contributed by atoms with Crippen molar-refractivity contribution in [2.75, 3.05) is 0 Å². The molecular weight excluding hydrogens is 272 g/mol. The van der Waals surface area contributed by atoms with Crippen LogP contribution in [0.4, 0.5) is 0 Å². The van der Waals surface area contributed by atoms with E-state index in [2.05, 4.69) is 6.92 Å². The monoisotopic (exact) mass is 304 g/mol. The highest BCUT2D eigenvalue weighted by Gasteiger charge is 2.57. The number of carbonyl (C=O) groups is 1. The number of carbonyl (C=O) groups excluding carboxylic acids is 1. The molecule has 0 aromatic carbocycles. The van der Waals surface area contributed by atoms with E-state index < -0.39 is 0 Å². The third kappa shape index (κ3) is 2.12. The summed E-state index contributed by atoms with van der Waals surface area (Å²) >= 11 is 0. The van der Waals surface area contributed by atoms with Crippen molar-refractivity contribution in [3.63, 3.8) is 0 Å². The number of hydrogen-bond donors (Lipinski definition) is 1. The highest BCUT2D eigenvalue weighted by atomic mass is 16.3. The number of ketones is 1. The lowest BCUT2D eigenvalue weighted by Crippen LogP contribution is -2.49. The molecule has 0 heterocycles. The molecule has 0 aromatic rings. The van der Waals surface area contributed by atoms with Crippen LogP contribution in [0, 0.1) is 40.9 Å². The zero-order valence-corrected chi connectivity index (χ0v) is 14.3. The fourth-order valence-electron chi connectivity index (χ4n) is 7.49. The quantitative estimate of drug-likeness (QED) is 0.788. The molecule has 8 atom stereocenters. The van der Waals surface area contributed by atoms with Gasteiger partial charge in [-0.3, -0.25) is 4.79 Å². The molecule has 124 valence electrons. The van der Waals surface area contributed by atoms with Gasteiger partial charge >= 0.3 is 0 Å². The normalized spacial score (nSPS) is 52.6. The van der Waals surface area contributed by atoms with Crippen molar-refractivity contribution in [2.45, 2.75) is 77.7 Å². The van der Waals surface area contributed by atoms with Gasteiger partial charge in [-0.25, -0.2) is 0 Å². The Morgan fingerprint density at radius 2 is 1.86 bits per heavy atom.